The van der Waals surface area contributed by atoms with Crippen LogP contribution in [0.15, 0.2) is 96.1 Å². The highest BCUT2D eigenvalue weighted by molar-refractivity contribution is 5.98. The zero-order chi connectivity index (χ0) is 57.1. The molecule has 5 rings (SSSR count). The van der Waals surface area contributed by atoms with Crippen LogP contribution in [0.4, 0.5) is 0 Å². The highest BCUT2D eigenvalue weighted by Gasteiger charge is 2.35. The predicted molar refractivity (Wildman–Crippen MR) is 300 cm³/mol. The number of aliphatic imine (C=N–C) groups is 1. The second-order valence-electron chi connectivity index (χ2n) is 20.0. The van der Waals surface area contributed by atoms with Gasteiger partial charge in [-0.1, -0.05) is 98.6 Å². The van der Waals surface area contributed by atoms with Crippen molar-refractivity contribution in [1.29, 1.82) is 0 Å². The number of aromatic nitrogens is 1. The quantitative estimate of drug-likeness (QED) is 0.0404. The largest absolute Gasteiger partial charge is 0.370 e. The highest BCUT2D eigenvalue weighted by Crippen LogP contribution is 2.20. The van der Waals surface area contributed by atoms with Gasteiger partial charge in [0.15, 0.2) is 5.96 Å². The molecule has 8 amide bonds. The minimum Gasteiger partial charge on any atom is -0.370 e. The van der Waals surface area contributed by atoms with E-state index >= 15 is 0 Å². The van der Waals surface area contributed by atoms with Crippen molar-refractivity contribution >= 4 is 69.9 Å². The fourth-order valence-electron chi connectivity index (χ4n) is 9.30. The Hall–Kier alpha value is -8.14. The number of primary amides is 1. The summed E-state index contributed by atoms with van der Waals surface area (Å²) in [6.45, 7) is 4.29. The third kappa shape index (κ3) is 21.3. The fraction of sp³-hybridized carbons (Fsp3) is 0.474. The number of H-pyrrole nitrogens is 1. The number of nitrogens with two attached hydrogens (primary N) is 3. The van der Waals surface area contributed by atoms with E-state index in [2.05, 4.69) is 52.5 Å². The Morgan fingerprint density at radius 1 is 0.646 bits per heavy atom. The average molecular weight is 1090 g/mol. The maximum Gasteiger partial charge on any atom is 0.243 e. The standard InChI is InChI=1S/C57H79N13O9/c1-3-4-23-44(64-36(2)71)51(74)67-46-28-27-40(72)21-15-30-61-29-14-13-25-43(50(58)73)65-56(79)49(34-39-35-63-42-24-12-11-22-41(39)42)70-52(75)45(26-16-31-62-57(59)60)66-54(77)47(32-37-17-7-5-8-18-37)69-55(78)48(68-53(46)76)33-38-19-9-6-10-20-38/h5-12,17-20,22,24,35,43-49,61,63H,3-4,13-16,21,23,25-34H2,1-2H3,(H2,58,73)(H,64,71)(H,65,79)(H,66,77)(H,67,74)(H,68,76)(H,69,78)(H,70,75)(H4,59,60,62)/t43-,44-,45-,46-,47+,48-,49-/m0/s1. The molecular weight excluding hydrogens is 1010 g/mol. The minimum atomic E-state index is -1.37. The first-order chi connectivity index (χ1) is 38.0. The van der Waals surface area contributed by atoms with Crippen molar-refractivity contribution in [2.75, 3.05) is 19.6 Å². The van der Waals surface area contributed by atoms with Gasteiger partial charge in [-0.3, -0.25) is 48.1 Å². The number of para-hydroxylation sites is 1. The third-order valence-corrected chi connectivity index (χ3v) is 13.6. The molecule has 0 radical (unpaired) electrons. The van der Waals surface area contributed by atoms with Crippen molar-refractivity contribution in [3.05, 3.63) is 108 Å². The third-order valence-electron chi connectivity index (χ3n) is 13.6. The lowest BCUT2D eigenvalue weighted by Gasteiger charge is -2.28. The van der Waals surface area contributed by atoms with Gasteiger partial charge in [0, 0.05) is 62.7 Å². The molecule has 0 bridgehead atoms. The first-order valence-corrected chi connectivity index (χ1v) is 27.3. The number of aromatic amines is 1. The van der Waals surface area contributed by atoms with E-state index in [1.807, 2.05) is 31.2 Å². The van der Waals surface area contributed by atoms with Gasteiger partial charge in [-0.2, -0.15) is 0 Å². The number of unbranched alkanes of at least 4 members (excludes halogenated alkanes) is 1. The van der Waals surface area contributed by atoms with Crippen LogP contribution in [-0.2, 0) is 62.4 Å². The van der Waals surface area contributed by atoms with Crippen LogP contribution in [0, 0.1) is 0 Å². The van der Waals surface area contributed by atoms with Crippen molar-refractivity contribution in [2.24, 2.45) is 22.2 Å². The van der Waals surface area contributed by atoms with Crippen molar-refractivity contribution < 1.29 is 43.2 Å². The summed E-state index contributed by atoms with van der Waals surface area (Å²) >= 11 is 0. The molecule has 22 nitrogen and oxygen atoms in total. The number of guanidine groups is 1. The molecule has 0 spiro atoms. The second kappa shape index (κ2) is 32.6. The van der Waals surface area contributed by atoms with Crippen molar-refractivity contribution in [2.45, 2.75) is 152 Å². The van der Waals surface area contributed by atoms with Gasteiger partial charge < -0.3 is 64.7 Å². The second-order valence-corrected chi connectivity index (χ2v) is 20.0. The number of rotatable bonds is 17. The van der Waals surface area contributed by atoms with Crippen LogP contribution in [0.3, 0.4) is 0 Å². The Morgan fingerprint density at radius 2 is 1.22 bits per heavy atom. The summed E-state index contributed by atoms with van der Waals surface area (Å²) in [5.41, 5.74) is 19.8. The summed E-state index contributed by atoms with van der Waals surface area (Å²) in [4.78, 5) is 133. The number of carbonyl (C=O) groups is 9. The zero-order valence-electron chi connectivity index (χ0n) is 45.3. The number of Topliss-reactive ketones (excluding diaryl/α,β-unsaturated/α-hetero) is 1. The summed E-state index contributed by atoms with van der Waals surface area (Å²) in [6, 6.07) is 16.3. The Bertz CT molecular complexity index is 2700. The number of hydrogen-bond donors (Lipinski definition) is 12. The normalized spacial score (nSPS) is 21.4. The number of hydrogen-bond acceptors (Lipinski definition) is 11. The van der Waals surface area contributed by atoms with Crippen molar-refractivity contribution in [1.82, 2.24) is 47.5 Å². The van der Waals surface area contributed by atoms with Crippen LogP contribution in [0.5, 0.6) is 0 Å². The van der Waals surface area contributed by atoms with Gasteiger partial charge >= 0.3 is 0 Å². The monoisotopic (exact) mass is 1090 g/mol. The smallest absolute Gasteiger partial charge is 0.243 e. The number of benzene rings is 3. The van der Waals surface area contributed by atoms with Gasteiger partial charge in [-0.15, -0.1) is 0 Å². The molecule has 3 aromatic carbocycles. The predicted octanol–water partition coefficient (Wildman–Crippen LogP) is 1.24. The molecule has 0 saturated carbocycles. The summed E-state index contributed by atoms with van der Waals surface area (Å²) in [6.07, 6.45) is 4.95. The lowest BCUT2D eigenvalue weighted by molar-refractivity contribution is -0.135. The number of nitrogens with zero attached hydrogens (tertiary/aromatic N) is 1. The molecule has 0 unspecified atom stereocenters. The van der Waals surface area contributed by atoms with E-state index < -0.39 is 89.6 Å². The molecule has 1 saturated heterocycles. The molecule has 426 valence electrons. The first kappa shape index (κ1) is 61.7. The van der Waals surface area contributed by atoms with Crippen molar-refractivity contribution in [3.8, 4) is 0 Å². The molecule has 7 atom stereocenters. The van der Waals surface area contributed by atoms with Crippen LogP contribution in [0.25, 0.3) is 10.9 Å². The van der Waals surface area contributed by atoms with E-state index in [-0.39, 0.29) is 82.5 Å². The molecule has 1 aliphatic rings. The molecule has 1 aliphatic heterocycles. The van der Waals surface area contributed by atoms with Gasteiger partial charge in [0.25, 0.3) is 0 Å². The van der Waals surface area contributed by atoms with E-state index in [0.29, 0.717) is 55.5 Å². The van der Waals surface area contributed by atoms with Gasteiger partial charge in [0.1, 0.15) is 48.1 Å². The number of carbonyl (C=O) groups excluding carboxylic acids is 9. The maximum atomic E-state index is 14.9. The SMILES string of the molecule is CCCC[C@H](NC(C)=O)C(=O)N[C@H]1CCC(=O)CCCNCCCC[C@@H](C(N)=O)NC(=O)[C@H](Cc2c[nH]c3ccccc23)NC(=O)[C@H](CCCN=C(N)N)NC(=O)[C@@H](Cc2ccccc2)NC(=O)[C@H](Cc2ccccc2)NC1=O. The molecule has 15 N–H and O–H groups in total. The van der Waals surface area contributed by atoms with E-state index in [1.165, 1.54) is 6.92 Å². The highest BCUT2D eigenvalue weighted by atomic mass is 16.2. The van der Waals surface area contributed by atoms with Crippen LogP contribution in [0.1, 0.15) is 108 Å². The molecule has 0 aliphatic carbocycles. The van der Waals surface area contributed by atoms with Crippen molar-refractivity contribution in [3.63, 3.8) is 0 Å². The number of amides is 8. The van der Waals surface area contributed by atoms with Crippen LogP contribution >= 0.6 is 0 Å². The topological polar surface area (TPSA) is 356 Å². The van der Waals surface area contributed by atoms with Gasteiger partial charge in [0.05, 0.1) is 0 Å². The Balaban J connectivity index is 1.54. The fourth-order valence-corrected chi connectivity index (χ4v) is 9.30. The van der Waals surface area contributed by atoms with Crippen LogP contribution < -0.4 is 59.7 Å². The molecule has 79 heavy (non-hydrogen) atoms. The van der Waals surface area contributed by atoms with Gasteiger partial charge in [-0.05, 0) is 87.2 Å². The summed E-state index contributed by atoms with van der Waals surface area (Å²) in [5, 5.41) is 23.6. The number of fused-ring (bicyclic) bond motifs is 1. The Kier molecular flexibility index (Phi) is 25.4. The maximum absolute atomic E-state index is 14.9. The van der Waals surface area contributed by atoms with E-state index in [1.54, 1.807) is 66.9 Å². The average Bonchev–Trinajstić information content (AvgIpc) is 3.86. The lowest BCUT2D eigenvalue weighted by Crippen LogP contribution is -2.60. The lowest BCUT2D eigenvalue weighted by atomic mass is 10.00. The molecule has 4 aromatic rings. The number of nitrogens with one attached hydrogen (secondary N) is 9. The molecule has 1 aromatic heterocycles. The minimum absolute atomic E-state index is 0.0331. The Morgan fingerprint density at radius 3 is 1.84 bits per heavy atom. The summed E-state index contributed by atoms with van der Waals surface area (Å²) < 4.78 is 0. The van der Waals surface area contributed by atoms with Gasteiger partial charge in [0.2, 0.25) is 47.3 Å². The first-order valence-electron chi connectivity index (χ1n) is 27.3. The van der Waals surface area contributed by atoms with Gasteiger partial charge in [-0.25, -0.2) is 0 Å². The van der Waals surface area contributed by atoms with E-state index in [0.717, 1.165) is 17.3 Å². The molecule has 1 fully saturated rings. The summed E-state index contributed by atoms with van der Waals surface area (Å²) in [7, 11) is 0. The summed E-state index contributed by atoms with van der Waals surface area (Å²) in [5.74, 6) is -6.03. The molecule has 22 heteroatoms. The zero-order valence-corrected chi connectivity index (χ0v) is 45.3. The number of ketones is 1. The molecule has 2 heterocycles. The van der Waals surface area contributed by atoms with E-state index in [4.69, 9.17) is 17.2 Å². The van der Waals surface area contributed by atoms with Crippen LogP contribution in [0.2, 0.25) is 0 Å². The Labute approximate surface area is 461 Å². The molecular formula is C57H79N13O9. The van der Waals surface area contributed by atoms with Crippen LogP contribution in [-0.4, -0.2) is 126 Å². The van der Waals surface area contributed by atoms with E-state index in [9.17, 15) is 43.2 Å².